The lowest BCUT2D eigenvalue weighted by atomic mass is 9.96. The van der Waals surface area contributed by atoms with Crippen molar-refractivity contribution in [3.8, 4) is 0 Å². The first-order valence-electron chi connectivity index (χ1n) is 9.09. The lowest BCUT2D eigenvalue weighted by Crippen LogP contribution is -2.43. The van der Waals surface area contributed by atoms with Gasteiger partial charge in [0.2, 0.25) is 15.9 Å². The number of sulfonamides is 1. The first-order valence-corrected chi connectivity index (χ1v) is 10.9. The molecule has 5 nitrogen and oxygen atoms in total. The number of amides is 1. The molecule has 1 amide bonds. The zero-order chi connectivity index (χ0) is 20.3. The molecule has 1 aliphatic rings. The lowest BCUT2D eigenvalue weighted by Gasteiger charge is -2.31. The number of nitrogens with one attached hydrogen (secondary N) is 1. The van der Waals surface area contributed by atoms with Crippen molar-refractivity contribution in [3.05, 3.63) is 64.9 Å². The molecule has 0 radical (unpaired) electrons. The summed E-state index contributed by atoms with van der Waals surface area (Å²) >= 11 is 6.18. The van der Waals surface area contributed by atoms with Crippen LogP contribution >= 0.6 is 11.6 Å². The molecule has 1 aliphatic heterocycles. The van der Waals surface area contributed by atoms with Gasteiger partial charge in [-0.3, -0.25) is 4.79 Å². The summed E-state index contributed by atoms with van der Waals surface area (Å²) in [5.74, 6) is -0.849. The zero-order valence-electron chi connectivity index (χ0n) is 15.4. The second kappa shape index (κ2) is 8.59. The van der Waals surface area contributed by atoms with Crippen molar-refractivity contribution in [1.29, 1.82) is 0 Å². The topological polar surface area (TPSA) is 66.5 Å². The molecule has 1 saturated heterocycles. The monoisotopic (exact) mass is 424 g/mol. The Morgan fingerprint density at radius 1 is 1.14 bits per heavy atom. The van der Waals surface area contributed by atoms with Gasteiger partial charge in [0.15, 0.2) is 0 Å². The van der Waals surface area contributed by atoms with E-state index >= 15 is 0 Å². The van der Waals surface area contributed by atoms with E-state index in [9.17, 15) is 17.6 Å². The van der Waals surface area contributed by atoms with Gasteiger partial charge in [0.25, 0.3) is 0 Å². The molecule has 0 aromatic heterocycles. The lowest BCUT2D eigenvalue weighted by molar-refractivity contribution is -0.126. The first-order chi connectivity index (χ1) is 13.3. The third-order valence-corrected chi connectivity index (χ3v) is 7.26. The van der Waals surface area contributed by atoms with E-state index in [4.69, 9.17) is 11.6 Å². The molecule has 1 atom stereocenters. The second-order valence-corrected chi connectivity index (χ2v) is 9.23. The Bertz CT molecular complexity index is 942. The summed E-state index contributed by atoms with van der Waals surface area (Å²) in [4.78, 5) is 12.7. The van der Waals surface area contributed by atoms with Crippen LogP contribution < -0.4 is 5.32 Å². The Labute approximate surface area is 169 Å². The number of hydrogen-bond acceptors (Lipinski definition) is 3. The second-order valence-electron chi connectivity index (χ2n) is 6.88. The Morgan fingerprint density at radius 2 is 1.75 bits per heavy atom. The number of halogens is 2. The molecule has 1 N–H and O–H groups in total. The molecular weight excluding hydrogens is 403 g/mol. The van der Waals surface area contributed by atoms with Gasteiger partial charge in [-0.1, -0.05) is 29.8 Å². The summed E-state index contributed by atoms with van der Waals surface area (Å²) in [7, 11) is -3.68. The van der Waals surface area contributed by atoms with Crippen LogP contribution in [0.2, 0.25) is 5.02 Å². The highest BCUT2D eigenvalue weighted by atomic mass is 35.5. The molecule has 1 fully saturated rings. The highest BCUT2D eigenvalue weighted by Gasteiger charge is 2.32. The number of hydrogen-bond donors (Lipinski definition) is 1. The van der Waals surface area contributed by atoms with Gasteiger partial charge >= 0.3 is 0 Å². The van der Waals surface area contributed by atoms with Crippen molar-refractivity contribution in [2.45, 2.75) is 30.7 Å². The smallest absolute Gasteiger partial charge is 0.243 e. The highest BCUT2D eigenvalue weighted by Crippen LogP contribution is 2.26. The van der Waals surface area contributed by atoms with Crippen molar-refractivity contribution in [1.82, 2.24) is 9.62 Å². The first kappa shape index (κ1) is 20.8. The maximum absolute atomic E-state index is 13.0. The molecule has 2 aromatic rings. The quantitative estimate of drug-likeness (QED) is 0.794. The molecule has 8 heteroatoms. The Morgan fingerprint density at radius 3 is 2.36 bits per heavy atom. The molecule has 28 heavy (non-hydrogen) atoms. The molecular formula is C20H22ClFN2O3S. The molecule has 0 spiro atoms. The van der Waals surface area contributed by atoms with Crippen LogP contribution in [0.1, 0.15) is 31.4 Å². The zero-order valence-corrected chi connectivity index (χ0v) is 17.0. The predicted molar refractivity (Wildman–Crippen MR) is 106 cm³/mol. The van der Waals surface area contributed by atoms with Crippen molar-refractivity contribution in [2.75, 3.05) is 13.1 Å². The number of carbonyl (C=O) groups is 1. The minimum Gasteiger partial charge on any atom is -0.349 e. The SMILES string of the molecule is CC(NC(=O)C1CCN(S(=O)(=O)c2ccc(F)cc2)CC1)c1ccccc1Cl. The summed E-state index contributed by atoms with van der Waals surface area (Å²) < 4.78 is 39.7. The summed E-state index contributed by atoms with van der Waals surface area (Å²) in [5.41, 5.74) is 0.842. The Balaban J connectivity index is 1.59. The van der Waals surface area contributed by atoms with E-state index in [-0.39, 0.29) is 35.9 Å². The molecule has 150 valence electrons. The van der Waals surface area contributed by atoms with Gasteiger partial charge < -0.3 is 5.32 Å². The van der Waals surface area contributed by atoms with E-state index in [1.807, 2.05) is 25.1 Å². The fourth-order valence-corrected chi connectivity index (χ4v) is 5.12. The Kier molecular flexibility index (Phi) is 6.37. The Hall–Kier alpha value is -1.96. The van der Waals surface area contributed by atoms with Gasteiger partial charge in [-0.05, 0) is 55.7 Å². The number of piperidine rings is 1. The maximum atomic E-state index is 13.0. The molecule has 0 bridgehead atoms. The van der Waals surface area contributed by atoms with Crippen molar-refractivity contribution in [2.24, 2.45) is 5.92 Å². The average Bonchev–Trinajstić information content (AvgIpc) is 2.68. The van der Waals surface area contributed by atoms with Gasteiger partial charge in [0.1, 0.15) is 5.82 Å². The predicted octanol–water partition coefficient (Wildman–Crippen LogP) is 3.76. The summed E-state index contributed by atoms with van der Waals surface area (Å²) in [5, 5.41) is 3.56. The summed E-state index contributed by atoms with van der Waals surface area (Å²) in [6.45, 7) is 2.36. The maximum Gasteiger partial charge on any atom is 0.243 e. The fourth-order valence-electron chi connectivity index (χ4n) is 3.35. The van der Waals surface area contributed by atoms with Gasteiger partial charge in [-0.25, -0.2) is 12.8 Å². The number of rotatable bonds is 5. The van der Waals surface area contributed by atoms with Crippen LogP contribution in [0.15, 0.2) is 53.4 Å². The van der Waals surface area contributed by atoms with Crippen LogP contribution in [-0.4, -0.2) is 31.7 Å². The van der Waals surface area contributed by atoms with Crippen LogP contribution in [0, 0.1) is 11.7 Å². The third-order valence-electron chi connectivity index (χ3n) is 5.01. The van der Waals surface area contributed by atoms with Crippen molar-refractivity contribution in [3.63, 3.8) is 0 Å². The highest BCUT2D eigenvalue weighted by molar-refractivity contribution is 7.89. The minimum absolute atomic E-state index is 0.0594. The van der Waals surface area contributed by atoms with E-state index in [1.165, 1.54) is 16.4 Å². The number of carbonyl (C=O) groups excluding carboxylic acids is 1. The van der Waals surface area contributed by atoms with E-state index in [0.717, 1.165) is 17.7 Å². The fraction of sp³-hybridized carbons (Fsp3) is 0.350. The van der Waals surface area contributed by atoms with Gasteiger partial charge in [-0.15, -0.1) is 0 Å². The van der Waals surface area contributed by atoms with Gasteiger partial charge in [0.05, 0.1) is 10.9 Å². The van der Waals surface area contributed by atoms with Gasteiger partial charge in [-0.2, -0.15) is 4.31 Å². The normalized spacial score (nSPS) is 17.2. The van der Waals surface area contributed by atoms with Crippen molar-refractivity contribution >= 4 is 27.5 Å². The number of benzene rings is 2. The van der Waals surface area contributed by atoms with Crippen LogP contribution in [-0.2, 0) is 14.8 Å². The standard InChI is InChI=1S/C20H22ClFN2O3S/c1-14(18-4-2-3-5-19(18)21)23-20(25)15-10-12-24(13-11-15)28(26,27)17-8-6-16(22)7-9-17/h2-9,14-15H,10-13H2,1H3,(H,23,25). The molecule has 2 aromatic carbocycles. The van der Waals surface area contributed by atoms with Crippen molar-refractivity contribution < 1.29 is 17.6 Å². The van der Waals surface area contributed by atoms with E-state index in [1.54, 1.807) is 6.07 Å². The summed E-state index contributed by atoms with van der Waals surface area (Å²) in [6.07, 6.45) is 0.864. The summed E-state index contributed by atoms with van der Waals surface area (Å²) in [6, 6.07) is 11.9. The minimum atomic E-state index is -3.68. The van der Waals surface area contributed by atoms with Crippen LogP contribution in [0.5, 0.6) is 0 Å². The van der Waals surface area contributed by atoms with Crippen LogP contribution in [0.3, 0.4) is 0 Å². The third kappa shape index (κ3) is 4.54. The molecule has 1 heterocycles. The number of nitrogens with zero attached hydrogens (tertiary/aromatic N) is 1. The van der Waals surface area contributed by atoms with E-state index < -0.39 is 15.8 Å². The molecule has 0 aliphatic carbocycles. The van der Waals surface area contributed by atoms with Crippen LogP contribution in [0.25, 0.3) is 0 Å². The van der Waals surface area contributed by atoms with Gasteiger partial charge in [0, 0.05) is 24.0 Å². The van der Waals surface area contributed by atoms with Crippen LogP contribution in [0.4, 0.5) is 4.39 Å². The molecule has 3 rings (SSSR count). The largest absolute Gasteiger partial charge is 0.349 e. The molecule has 0 saturated carbocycles. The molecule has 1 unspecified atom stereocenters. The van der Waals surface area contributed by atoms with E-state index in [0.29, 0.717) is 17.9 Å². The average molecular weight is 425 g/mol. The van der Waals surface area contributed by atoms with E-state index in [2.05, 4.69) is 5.32 Å².